The Morgan fingerprint density at radius 3 is 2.86 bits per heavy atom. The first kappa shape index (κ1) is 18.1. The van der Waals surface area contributed by atoms with Gasteiger partial charge in [-0.2, -0.15) is 0 Å². The molecular formula is C20H19ClN6O. The summed E-state index contributed by atoms with van der Waals surface area (Å²) in [7, 11) is 0. The van der Waals surface area contributed by atoms with E-state index in [0.717, 1.165) is 27.8 Å². The first-order chi connectivity index (χ1) is 13.6. The van der Waals surface area contributed by atoms with Crippen LogP contribution in [0.5, 0.6) is 0 Å². The van der Waals surface area contributed by atoms with Gasteiger partial charge in [0.05, 0.1) is 34.3 Å². The third-order valence-electron chi connectivity index (χ3n) is 4.41. The molecule has 0 aliphatic rings. The molecule has 28 heavy (non-hydrogen) atoms. The molecule has 4 rings (SSSR count). The summed E-state index contributed by atoms with van der Waals surface area (Å²) in [6.45, 7) is 4.42. The number of aromatic nitrogens is 3. The van der Waals surface area contributed by atoms with E-state index >= 15 is 0 Å². The Morgan fingerprint density at radius 1 is 1.21 bits per heavy atom. The van der Waals surface area contributed by atoms with Crippen LogP contribution in [-0.2, 0) is 0 Å². The Morgan fingerprint density at radius 2 is 2.07 bits per heavy atom. The van der Waals surface area contributed by atoms with Crippen LogP contribution < -0.4 is 16.0 Å². The smallest absolute Gasteiger partial charge is 0.319 e. The number of imidazole rings is 1. The largest absolute Gasteiger partial charge is 0.338 e. The van der Waals surface area contributed by atoms with Gasteiger partial charge >= 0.3 is 6.03 Å². The molecule has 0 bridgehead atoms. The van der Waals surface area contributed by atoms with Crippen LogP contribution in [0.4, 0.5) is 22.0 Å². The van der Waals surface area contributed by atoms with Gasteiger partial charge < -0.3 is 16.0 Å². The highest BCUT2D eigenvalue weighted by Crippen LogP contribution is 2.31. The number of benzene rings is 2. The van der Waals surface area contributed by atoms with Crippen molar-refractivity contribution in [1.29, 1.82) is 0 Å². The fourth-order valence-corrected chi connectivity index (χ4v) is 3.33. The lowest BCUT2D eigenvalue weighted by molar-refractivity contribution is 0.252. The first-order valence-electron chi connectivity index (χ1n) is 8.89. The number of aryl methyl sites for hydroxylation is 1. The molecule has 2 heterocycles. The zero-order chi connectivity index (χ0) is 19.7. The number of para-hydroxylation sites is 1. The first-order valence-corrected chi connectivity index (χ1v) is 9.27. The summed E-state index contributed by atoms with van der Waals surface area (Å²) in [6, 6.07) is 11.0. The summed E-state index contributed by atoms with van der Waals surface area (Å²) < 4.78 is 1.93. The number of amides is 2. The van der Waals surface area contributed by atoms with Gasteiger partial charge in [-0.1, -0.05) is 23.7 Å². The fraction of sp³-hybridized carbons (Fsp3) is 0.150. The van der Waals surface area contributed by atoms with Crippen LogP contribution in [0.1, 0.15) is 12.5 Å². The van der Waals surface area contributed by atoms with E-state index in [1.54, 1.807) is 12.5 Å². The normalized spacial score (nSPS) is 11.0. The molecule has 4 aromatic rings. The zero-order valence-electron chi connectivity index (χ0n) is 15.5. The monoisotopic (exact) mass is 394 g/mol. The third-order valence-corrected chi connectivity index (χ3v) is 4.72. The van der Waals surface area contributed by atoms with Crippen molar-refractivity contribution in [2.24, 2.45) is 0 Å². The lowest BCUT2D eigenvalue weighted by Crippen LogP contribution is -2.28. The van der Waals surface area contributed by atoms with Gasteiger partial charge in [-0.15, -0.1) is 0 Å². The standard InChI is InChI=1S/C20H19ClN6O/c1-3-23-20(28)24-13-7-8-15-16(9-13)27-11-22-10-17(27)19(25-15)26-18-12(2)5-4-6-14(18)21/h4-11H,3H2,1-2H3,(H,25,26)(H2,23,24,28). The maximum Gasteiger partial charge on any atom is 0.319 e. The number of nitrogens with one attached hydrogen (secondary N) is 3. The number of carbonyl (C=O) groups is 1. The second-order valence-corrected chi connectivity index (χ2v) is 6.76. The van der Waals surface area contributed by atoms with E-state index in [1.165, 1.54) is 0 Å². The van der Waals surface area contributed by atoms with E-state index in [2.05, 4.69) is 20.9 Å². The van der Waals surface area contributed by atoms with E-state index in [1.807, 2.05) is 54.6 Å². The van der Waals surface area contributed by atoms with E-state index in [4.69, 9.17) is 16.6 Å². The molecule has 142 valence electrons. The summed E-state index contributed by atoms with van der Waals surface area (Å²) >= 11 is 6.36. The minimum Gasteiger partial charge on any atom is -0.338 e. The van der Waals surface area contributed by atoms with Gasteiger partial charge in [-0.3, -0.25) is 4.40 Å². The number of carbonyl (C=O) groups excluding carboxylic acids is 1. The summed E-state index contributed by atoms with van der Waals surface area (Å²) in [5, 5.41) is 9.50. The molecule has 8 heteroatoms. The van der Waals surface area contributed by atoms with E-state index < -0.39 is 0 Å². The lowest BCUT2D eigenvalue weighted by atomic mass is 10.2. The maximum absolute atomic E-state index is 11.8. The average Bonchev–Trinajstić information content (AvgIpc) is 3.16. The quantitative estimate of drug-likeness (QED) is 0.467. The maximum atomic E-state index is 11.8. The van der Waals surface area contributed by atoms with Crippen LogP contribution in [0.15, 0.2) is 48.9 Å². The fourth-order valence-electron chi connectivity index (χ4n) is 3.07. The molecule has 0 fully saturated rings. The van der Waals surface area contributed by atoms with Crippen molar-refractivity contribution in [2.45, 2.75) is 13.8 Å². The number of hydrogen-bond donors (Lipinski definition) is 3. The topological polar surface area (TPSA) is 83.3 Å². The van der Waals surface area contributed by atoms with Crippen molar-refractivity contribution in [2.75, 3.05) is 17.2 Å². The summed E-state index contributed by atoms with van der Waals surface area (Å²) in [6.07, 6.45) is 3.46. The van der Waals surface area contributed by atoms with Gasteiger partial charge in [-0.25, -0.2) is 14.8 Å². The summed E-state index contributed by atoms with van der Waals surface area (Å²) in [5.74, 6) is 0.658. The van der Waals surface area contributed by atoms with Crippen molar-refractivity contribution in [1.82, 2.24) is 19.7 Å². The molecule has 0 aliphatic heterocycles. The molecular weight excluding hydrogens is 376 g/mol. The number of nitrogens with zero attached hydrogens (tertiary/aromatic N) is 3. The number of rotatable bonds is 4. The molecule has 0 saturated heterocycles. The number of fused-ring (bicyclic) bond motifs is 3. The predicted octanol–water partition coefficient (Wildman–Crippen LogP) is 4.73. The molecule has 0 spiro atoms. The molecule has 2 aromatic heterocycles. The highest BCUT2D eigenvalue weighted by Gasteiger charge is 2.13. The molecule has 0 aliphatic carbocycles. The van der Waals surface area contributed by atoms with Gasteiger partial charge in [0.25, 0.3) is 0 Å². The molecule has 0 atom stereocenters. The second-order valence-electron chi connectivity index (χ2n) is 6.35. The van der Waals surface area contributed by atoms with E-state index in [-0.39, 0.29) is 6.03 Å². The van der Waals surface area contributed by atoms with Gasteiger partial charge in [-0.05, 0) is 43.7 Å². The van der Waals surface area contributed by atoms with Crippen molar-refractivity contribution in [3.8, 4) is 0 Å². The molecule has 3 N–H and O–H groups in total. The van der Waals surface area contributed by atoms with Crippen LogP contribution in [0.2, 0.25) is 5.02 Å². The Balaban J connectivity index is 1.79. The number of urea groups is 1. The van der Waals surface area contributed by atoms with Crippen LogP contribution >= 0.6 is 11.6 Å². The Kier molecular flexibility index (Phi) is 4.75. The van der Waals surface area contributed by atoms with Crippen LogP contribution in [0.3, 0.4) is 0 Å². The number of anilines is 3. The number of hydrogen-bond acceptors (Lipinski definition) is 4. The SMILES string of the molecule is CCNC(=O)Nc1ccc2nc(Nc3c(C)cccc3Cl)c3cncn3c2c1. The Hall–Kier alpha value is -3.32. The molecule has 0 radical (unpaired) electrons. The molecule has 2 amide bonds. The molecule has 7 nitrogen and oxygen atoms in total. The van der Waals surface area contributed by atoms with Crippen LogP contribution in [-0.4, -0.2) is 26.9 Å². The number of halogens is 1. The van der Waals surface area contributed by atoms with Crippen LogP contribution in [0, 0.1) is 6.92 Å². The van der Waals surface area contributed by atoms with Crippen molar-refractivity contribution in [3.05, 3.63) is 59.5 Å². The van der Waals surface area contributed by atoms with Crippen molar-refractivity contribution < 1.29 is 4.79 Å². The van der Waals surface area contributed by atoms with Gasteiger partial charge in [0, 0.05) is 12.2 Å². The average molecular weight is 395 g/mol. The minimum atomic E-state index is -0.246. The second kappa shape index (κ2) is 7.36. The molecule has 0 saturated carbocycles. The zero-order valence-corrected chi connectivity index (χ0v) is 16.2. The third kappa shape index (κ3) is 3.32. The van der Waals surface area contributed by atoms with Crippen molar-refractivity contribution in [3.63, 3.8) is 0 Å². The molecule has 0 unspecified atom stereocenters. The van der Waals surface area contributed by atoms with Crippen molar-refractivity contribution >= 4 is 51.4 Å². The Bertz CT molecular complexity index is 1170. The molecule has 2 aromatic carbocycles. The van der Waals surface area contributed by atoms with Gasteiger partial charge in [0.15, 0.2) is 5.82 Å². The van der Waals surface area contributed by atoms with E-state index in [9.17, 15) is 4.79 Å². The minimum absolute atomic E-state index is 0.246. The van der Waals surface area contributed by atoms with E-state index in [0.29, 0.717) is 23.1 Å². The lowest BCUT2D eigenvalue weighted by Gasteiger charge is -2.14. The summed E-state index contributed by atoms with van der Waals surface area (Å²) in [4.78, 5) is 20.8. The predicted molar refractivity (Wildman–Crippen MR) is 113 cm³/mol. The summed E-state index contributed by atoms with van der Waals surface area (Å²) in [5.41, 5.74) is 4.92. The van der Waals surface area contributed by atoms with Crippen LogP contribution in [0.25, 0.3) is 16.6 Å². The Labute approximate surface area is 166 Å². The highest BCUT2D eigenvalue weighted by atomic mass is 35.5. The van der Waals surface area contributed by atoms with Gasteiger partial charge in [0.2, 0.25) is 0 Å². The van der Waals surface area contributed by atoms with Gasteiger partial charge in [0.1, 0.15) is 5.52 Å². The highest BCUT2D eigenvalue weighted by molar-refractivity contribution is 6.33.